The maximum atomic E-state index is 13.3. The Bertz CT molecular complexity index is 833. The summed E-state index contributed by atoms with van der Waals surface area (Å²) in [5, 5.41) is 8.78. The summed E-state index contributed by atoms with van der Waals surface area (Å²) in [5.41, 5.74) is -1.22. The number of halogens is 2. The van der Waals surface area contributed by atoms with E-state index in [2.05, 4.69) is 4.98 Å². The van der Waals surface area contributed by atoms with Crippen LogP contribution in [0.4, 0.5) is 4.39 Å². The Morgan fingerprint density at radius 2 is 2.15 bits per heavy atom. The molecule has 0 spiro atoms. The number of hydrogen-bond acceptors (Lipinski definition) is 3. The number of benzene rings is 1. The number of hydrogen-bond donors (Lipinski definition) is 1. The molecule has 1 aromatic carbocycles. The van der Waals surface area contributed by atoms with Crippen LogP contribution in [0.2, 0.25) is 5.15 Å². The van der Waals surface area contributed by atoms with E-state index in [0.29, 0.717) is 6.42 Å². The van der Waals surface area contributed by atoms with Crippen molar-refractivity contribution in [3.8, 4) is 11.8 Å². The molecule has 0 saturated carbocycles. The first-order valence-corrected chi connectivity index (χ1v) is 6.11. The van der Waals surface area contributed by atoms with Gasteiger partial charge in [-0.05, 0) is 24.6 Å². The molecule has 1 heterocycles. The predicted molar refractivity (Wildman–Crippen MR) is 71.7 cm³/mol. The zero-order valence-corrected chi connectivity index (χ0v) is 11.2. The fourth-order valence-electron chi connectivity index (χ4n) is 1.83. The van der Waals surface area contributed by atoms with Gasteiger partial charge in [-0.1, -0.05) is 18.5 Å². The molecule has 0 aliphatic rings. The van der Waals surface area contributed by atoms with Gasteiger partial charge in [-0.3, -0.25) is 9.78 Å². The minimum atomic E-state index is -0.743. The van der Waals surface area contributed by atoms with E-state index in [1.807, 2.05) is 0 Å². The van der Waals surface area contributed by atoms with Crippen molar-refractivity contribution in [1.82, 2.24) is 9.55 Å². The standard InChI is InChI=1S/C13H9ClFN3O2/c1-2-9-11(14)17-13(20)18(12(9)19)8-3-4-10(15)7(5-8)6-16/h3-5H,2H2,1H3,(H,17,20). The quantitative estimate of drug-likeness (QED) is 0.857. The van der Waals surface area contributed by atoms with Gasteiger partial charge in [-0.25, -0.2) is 13.8 Å². The van der Waals surface area contributed by atoms with Gasteiger partial charge in [0.25, 0.3) is 5.56 Å². The minimum Gasteiger partial charge on any atom is -0.297 e. The van der Waals surface area contributed by atoms with Crippen molar-refractivity contribution in [2.45, 2.75) is 13.3 Å². The lowest BCUT2D eigenvalue weighted by Crippen LogP contribution is -2.36. The molecule has 0 radical (unpaired) electrons. The van der Waals surface area contributed by atoms with Gasteiger partial charge in [-0.2, -0.15) is 5.26 Å². The van der Waals surface area contributed by atoms with E-state index in [9.17, 15) is 14.0 Å². The summed E-state index contributed by atoms with van der Waals surface area (Å²) in [4.78, 5) is 26.4. The topological polar surface area (TPSA) is 78.7 Å². The van der Waals surface area contributed by atoms with Crippen LogP contribution in [-0.2, 0) is 6.42 Å². The van der Waals surface area contributed by atoms with Gasteiger partial charge in [0.05, 0.1) is 16.8 Å². The van der Waals surface area contributed by atoms with E-state index in [4.69, 9.17) is 16.9 Å². The van der Waals surface area contributed by atoms with Crippen LogP contribution in [0, 0.1) is 17.1 Å². The Morgan fingerprint density at radius 1 is 1.45 bits per heavy atom. The number of nitrogens with zero attached hydrogens (tertiary/aromatic N) is 2. The summed E-state index contributed by atoms with van der Waals surface area (Å²) < 4.78 is 14.1. The van der Waals surface area contributed by atoms with Gasteiger partial charge < -0.3 is 0 Å². The molecule has 102 valence electrons. The number of nitriles is 1. The first kappa shape index (κ1) is 14.0. The molecule has 20 heavy (non-hydrogen) atoms. The molecule has 0 aliphatic heterocycles. The van der Waals surface area contributed by atoms with Crippen LogP contribution in [-0.4, -0.2) is 9.55 Å². The Kier molecular flexibility index (Phi) is 3.72. The van der Waals surface area contributed by atoms with Crippen molar-refractivity contribution in [2.75, 3.05) is 0 Å². The second-order valence-corrected chi connectivity index (χ2v) is 4.37. The van der Waals surface area contributed by atoms with E-state index in [1.54, 1.807) is 13.0 Å². The summed E-state index contributed by atoms with van der Waals surface area (Å²) >= 11 is 5.80. The van der Waals surface area contributed by atoms with Crippen LogP contribution in [0.3, 0.4) is 0 Å². The molecule has 0 saturated heterocycles. The summed E-state index contributed by atoms with van der Waals surface area (Å²) in [7, 11) is 0. The largest absolute Gasteiger partial charge is 0.334 e. The molecule has 1 N–H and O–H groups in total. The van der Waals surface area contributed by atoms with Crippen molar-refractivity contribution in [3.05, 3.63) is 61.1 Å². The smallest absolute Gasteiger partial charge is 0.297 e. The Hall–Kier alpha value is -2.39. The first-order chi connectivity index (χ1) is 9.49. The lowest BCUT2D eigenvalue weighted by Gasteiger charge is -2.08. The van der Waals surface area contributed by atoms with Crippen molar-refractivity contribution < 1.29 is 4.39 Å². The second kappa shape index (κ2) is 5.31. The average Bonchev–Trinajstić information content (AvgIpc) is 2.40. The third-order valence-electron chi connectivity index (χ3n) is 2.83. The normalized spacial score (nSPS) is 10.3. The molecule has 0 fully saturated rings. The number of nitrogens with one attached hydrogen (secondary N) is 1. The van der Waals surface area contributed by atoms with E-state index >= 15 is 0 Å². The summed E-state index contributed by atoms with van der Waals surface area (Å²) in [6, 6.07) is 5.07. The van der Waals surface area contributed by atoms with Crippen LogP contribution in [0.25, 0.3) is 5.69 Å². The maximum Gasteiger partial charge on any atom is 0.334 e. The molecule has 0 amide bonds. The highest BCUT2D eigenvalue weighted by atomic mass is 35.5. The van der Waals surface area contributed by atoms with E-state index < -0.39 is 17.1 Å². The maximum absolute atomic E-state index is 13.3. The second-order valence-electron chi connectivity index (χ2n) is 3.99. The van der Waals surface area contributed by atoms with Crippen molar-refractivity contribution in [1.29, 1.82) is 5.26 Å². The first-order valence-electron chi connectivity index (χ1n) is 5.73. The number of aromatic nitrogens is 2. The van der Waals surface area contributed by atoms with Gasteiger partial charge in [0.2, 0.25) is 0 Å². The van der Waals surface area contributed by atoms with Gasteiger partial charge in [-0.15, -0.1) is 0 Å². The molecular formula is C13H9ClFN3O2. The fraction of sp³-hybridized carbons (Fsp3) is 0.154. The SMILES string of the molecule is CCc1c(Cl)[nH]c(=O)n(-c2ccc(F)c(C#N)c2)c1=O. The van der Waals surface area contributed by atoms with Crippen molar-refractivity contribution in [3.63, 3.8) is 0 Å². The Balaban J connectivity index is 2.81. The predicted octanol–water partition coefficient (Wildman–Crippen LogP) is 1.75. The van der Waals surface area contributed by atoms with E-state index in [0.717, 1.165) is 16.7 Å². The van der Waals surface area contributed by atoms with Crippen LogP contribution >= 0.6 is 11.6 Å². The molecule has 2 rings (SSSR count). The zero-order valence-electron chi connectivity index (χ0n) is 10.4. The van der Waals surface area contributed by atoms with Crippen LogP contribution < -0.4 is 11.2 Å². The van der Waals surface area contributed by atoms with E-state index in [-0.39, 0.29) is 22.0 Å². The molecule has 0 unspecified atom stereocenters. The lowest BCUT2D eigenvalue weighted by molar-refractivity contribution is 0.623. The number of aromatic amines is 1. The molecule has 2 aromatic rings. The summed E-state index contributed by atoms with van der Waals surface area (Å²) in [5.74, 6) is -0.717. The third kappa shape index (κ3) is 2.24. The highest BCUT2D eigenvalue weighted by molar-refractivity contribution is 6.30. The average molecular weight is 294 g/mol. The Morgan fingerprint density at radius 3 is 2.75 bits per heavy atom. The molecule has 1 aromatic heterocycles. The van der Waals surface area contributed by atoms with Crippen molar-refractivity contribution >= 4 is 11.6 Å². The molecule has 0 bridgehead atoms. The van der Waals surface area contributed by atoms with Gasteiger partial charge >= 0.3 is 5.69 Å². The third-order valence-corrected chi connectivity index (χ3v) is 3.15. The monoisotopic (exact) mass is 293 g/mol. The summed E-state index contributed by atoms with van der Waals surface area (Å²) in [6.07, 6.45) is 0.334. The number of rotatable bonds is 2. The fourth-order valence-corrected chi connectivity index (χ4v) is 2.12. The van der Waals surface area contributed by atoms with Crippen molar-refractivity contribution in [2.24, 2.45) is 0 Å². The lowest BCUT2D eigenvalue weighted by atomic mass is 10.2. The number of H-pyrrole nitrogens is 1. The minimum absolute atomic E-state index is 0.0126. The van der Waals surface area contributed by atoms with Gasteiger partial charge in [0.15, 0.2) is 0 Å². The highest BCUT2D eigenvalue weighted by Gasteiger charge is 2.14. The molecule has 0 aliphatic carbocycles. The van der Waals surface area contributed by atoms with E-state index in [1.165, 1.54) is 6.07 Å². The molecular weight excluding hydrogens is 285 g/mol. The van der Waals surface area contributed by atoms with Crippen LogP contribution in [0.5, 0.6) is 0 Å². The van der Waals surface area contributed by atoms with Gasteiger partial charge in [0, 0.05) is 0 Å². The van der Waals surface area contributed by atoms with Crippen LogP contribution in [0.1, 0.15) is 18.1 Å². The zero-order chi connectivity index (χ0) is 14.9. The van der Waals surface area contributed by atoms with Gasteiger partial charge in [0.1, 0.15) is 17.0 Å². The molecule has 5 nitrogen and oxygen atoms in total. The Labute approximate surface area is 117 Å². The highest BCUT2D eigenvalue weighted by Crippen LogP contribution is 2.12. The molecule has 0 atom stereocenters. The van der Waals surface area contributed by atoms with Crippen LogP contribution in [0.15, 0.2) is 27.8 Å². The molecule has 7 heteroatoms. The summed E-state index contributed by atoms with van der Waals surface area (Å²) in [6.45, 7) is 1.72.